The van der Waals surface area contributed by atoms with Gasteiger partial charge >= 0.3 is 0 Å². The Balaban J connectivity index is 2.42. The van der Waals surface area contributed by atoms with E-state index in [4.69, 9.17) is 4.42 Å². The van der Waals surface area contributed by atoms with E-state index < -0.39 is 0 Å². The Hall–Kier alpha value is -1.07. The maximum absolute atomic E-state index is 5.57. The van der Waals surface area contributed by atoms with E-state index in [2.05, 4.69) is 48.0 Å². The Kier molecular flexibility index (Phi) is 7.52. The summed E-state index contributed by atoms with van der Waals surface area (Å²) in [6, 6.07) is 0.745. The van der Waals surface area contributed by atoms with E-state index >= 15 is 0 Å². The highest BCUT2D eigenvalue weighted by atomic mass is 16.4. The van der Waals surface area contributed by atoms with Crippen molar-refractivity contribution in [1.29, 1.82) is 0 Å². The first-order valence-electron chi connectivity index (χ1n) is 7.22. The first-order valence-corrected chi connectivity index (χ1v) is 7.22. The minimum Gasteiger partial charge on any atom is -0.432 e. The van der Waals surface area contributed by atoms with Gasteiger partial charge in [0, 0.05) is 19.6 Å². The van der Waals surface area contributed by atoms with Gasteiger partial charge in [0.05, 0.1) is 5.69 Å². The molecule has 0 unspecified atom stereocenters. The summed E-state index contributed by atoms with van der Waals surface area (Å²) in [5.74, 6) is 0. The predicted octanol–water partition coefficient (Wildman–Crippen LogP) is 1.95. The molecule has 0 amide bonds. The number of hydrogen-bond acceptors (Lipinski definition) is 5. The molecule has 0 bridgehead atoms. The lowest BCUT2D eigenvalue weighted by molar-refractivity contribution is 0.397. The smallest absolute Gasteiger partial charge is 0.297 e. The van der Waals surface area contributed by atoms with Crippen molar-refractivity contribution in [3.8, 4) is 0 Å². The zero-order chi connectivity index (χ0) is 14.1. The Morgan fingerprint density at radius 2 is 2.05 bits per heavy atom. The van der Waals surface area contributed by atoms with Crippen LogP contribution < -0.4 is 10.2 Å². The molecular formula is C14H28N4O. The summed E-state index contributed by atoms with van der Waals surface area (Å²) in [6.07, 6.45) is 4.01. The molecule has 0 saturated heterocycles. The molecule has 0 aliphatic rings. The molecule has 1 aromatic heterocycles. The van der Waals surface area contributed by atoms with E-state index in [0.717, 1.165) is 57.3 Å². The molecule has 1 rings (SSSR count). The third kappa shape index (κ3) is 6.07. The molecule has 19 heavy (non-hydrogen) atoms. The monoisotopic (exact) mass is 268 g/mol. The summed E-state index contributed by atoms with van der Waals surface area (Å²) < 4.78 is 5.57. The van der Waals surface area contributed by atoms with Crippen LogP contribution in [0.15, 0.2) is 10.7 Å². The molecule has 1 heterocycles. The SMILES string of the molecule is CCCNCc1coc(N(CC)CCCN(C)C)n1. The number of hydrogen-bond donors (Lipinski definition) is 1. The van der Waals surface area contributed by atoms with Gasteiger partial charge in [0.25, 0.3) is 6.01 Å². The summed E-state index contributed by atoms with van der Waals surface area (Å²) in [7, 11) is 4.19. The molecule has 0 spiro atoms. The summed E-state index contributed by atoms with van der Waals surface area (Å²) in [5.41, 5.74) is 0.981. The Morgan fingerprint density at radius 1 is 1.26 bits per heavy atom. The molecule has 0 radical (unpaired) electrons. The maximum atomic E-state index is 5.57. The van der Waals surface area contributed by atoms with Crippen molar-refractivity contribution in [2.75, 3.05) is 45.2 Å². The number of aromatic nitrogens is 1. The highest BCUT2D eigenvalue weighted by Gasteiger charge is 2.11. The number of anilines is 1. The van der Waals surface area contributed by atoms with Crippen LogP contribution in [0.3, 0.4) is 0 Å². The van der Waals surface area contributed by atoms with Crippen LogP contribution in [-0.4, -0.2) is 50.2 Å². The van der Waals surface area contributed by atoms with Crippen molar-refractivity contribution < 1.29 is 4.42 Å². The average Bonchev–Trinajstić information content (AvgIpc) is 2.83. The van der Waals surface area contributed by atoms with Crippen LogP contribution in [0, 0.1) is 0 Å². The van der Waals surface area contributed by atoms with Crippen LogP contribution in [0.4, 0.5) is 6.01 Å². The molecular weight excluding hydrogens is 240 g/mol. The topological polar surface area (TPSA) is 44.5 Å². The minimum atomic E-state index is 0.745. The molecule has 0 aliphatic heterocycles. The van der Waals surface area contributed by atoms with Gasteiger partial charge in [0.2, 0.25) is 0 Å². The average molecular weight is 268 g/mol. The number of nitrogens with zero attached hydrogens (tertiary/aromatic N) is 3. The van der Waals surface area contributed by atoms with Crippen LogP contribution in [0.2, 0.25) is 0 Å². The fourth-order valence-corrected chi connectivity index (χ4v) is 1.88. The molecule has 5 nitrogen and oxygen atoms in total. The second-order valence-corrected chi connectivity index (χ2v) is 5.03. The van der Waals surface area contributed by atoms with E-state index in [0.29, 0.717) is 0 Å². The molecule has 1 aromatic rings. The Morgan fingerprint density at radius 3 is 2.68 bits per heavy atom. The maximum Gasteiger partial charge on any atom is 0.297 e. The fourth-order valence-electron chi connectivity index (χ4n) is 1.88. The lowest BCUT2D eigenvalue weighted by Crippen LogP contribution is -2.27. The van der Waals surface area contributed by atoms with E-state index in [1.165, 1.54) is 0 Å². The lowest BCUT2D eigenvalue weighted by Gasteiger charge is -2.19. The second-order valence-electron chi connectivity index (χ2n) is 5.03. The van der Waals surface area contributed by atoms with E-state index in [-0.39, 0.29) is 0 Å². The van der Waals surface area contributed by atoms with Crippen molar-refractivity contribution >= 4 is 6.01 Å². The van der Waals surface area contributed by atoms with Gasteiger partial charge in [-0.05, 0) is 47.0 Å². The van der Waals surface area contributed by atoms with Crippen LogP contribution in [0.1, 0.15) is 32.4 Å². The first kappa shape index (κ1) is 16.0. The van der Waals surface area contributed by atoms with Crippen molar-refractivity contribution in [3.63, 3.8) is 0 Å². The fraction of sp³-hybridized carbons (Fsp3) is 0.786. The highest BCUT2D eigenvalue weighted by Crippen LogP contribution is 2.13. The summed E-state index contributed by atoms with van der Waals surface area (Å²) >= 11 is 0. The van der Waals surface area contributed by atoms with E-state index in [9.17, 15) is 0 Å². The van der Waals surface area contributed by atoms with Gasteiger partial charge in [0.1, 0.15) is 6.26 Å². The third-order valence-electron chi connectivity index (χ3n) is 2.96. The zero-order valence-corrected chi connectivity index (χ0v) is 12.8. The van der Waals surface area contributed by atoms with Gasteiger partial charge in [-0.25, -0.2) is 0 Å². The van der Waals surface area contributed by atoms with Gasteiger partial charge < -0.3 is 19.5 Å². The van der Waals surface area contributed by atoms with Crippen molar-refractivity contribution in [2.45, 2.75) is 33.2 Å². The van der Waals surface area contributed by atoms with Gasteiger partial charge in [-0.1, -0.05) is 6.92 Å². The summed E-state index contributed by atoms with van der Waals surface area (Å²) in [6.45, 7) is 9.09. The number of nitrogens with one attached hydrogen (secondary N) is 1. The standard InChI is InChI=1S/C14H28N4O/c1-5-8-15-11-13-12-19-14(16-13)18(6-2)10-7-9-17(3)4/h12,15H,5-11H2,1-4H3. The number of oxazole rings is 1. The predicted molar refractivity (Wildman–Crippen MR) is 79.6 cm³/mol. The van der Waals surface area contributed by atoms with Gasteiger partial charge in [-0.2, -0.15) is 4.98 Å². The van der Waals surface area contributed by atoms with Crippen molar-refractivity contribution in [2.24, 2.45) is 0 Å². The molecule has 110 valence electrons. The van der Waals surface area contributed by atoms with E-state index in [1.54, 1.807) is 6.26 Å². The van der Waals surface area contributed by atoms with Gasteiger partial charge in [0.15, 0.2) is 0 Å². The van der Waals surface area contributed by atoms with Crippen molar-refractivity contribution in [3.05, 3.63) is 12.0 Å². The first-order chi connectivity index (χ1) is 9.17. The Labute approximate surface area is 117 Å². The van der Waals surface area contributed by atoms with Crippen LogP contribution in [0.25, 0.3) is 0 Å². The molecule has 5 heteroatoms. The molecule has 0 saturated carbocycles. The molecule has 0 aliphatic carbocycles. The normalized spacial score (nSPS) is 11.2. The van der Waals surface area contributed by atoms with Gasteiger partial charge in [-0.15, -0.1) is 0 Å². The van der Waals surface area contributed by atoms with Gasteiger partial charge in [-0.3, -0.25) is 0 Å². The molecule has 0 atom stereocenters. The van der Waals surface area contributed by atoms with Crippen LogP contribution >= 0.6 is 0 Å². The third-order valence-corrected chi connectivity index (χ3v) is 2.96. The largest absolute Gasteiger partial charge is 0.432 e. The highest BCUT2D eigenvalue weighted by molar-refractivity contribution is 5.26. The zero-order valence-electron chi connectivity index (χ0n) is 12.8. The summed E-state index contributed by atoms with van der Waals surface area (Å²) in [4.78, 5) is 8.92. The lowest BCUT2D eigenvalue weighted by atomic mass is 10.3. The number of rotatable bonds is 10. The molecule has 0 fully saturated rings. The van der Waals surface area contributed by atoms with E-state index in [1.807, 2.05) is 0 Å². The van der Waals surface area contributed by atoms with Crippen LogP contribution in [-0.2, 0) is 6.54 Å². The molecule has 0 aromatic carbocycles. The quantitative estimate of drug-likeness (QED) is 0.657. The Bertz CT molecular complexity index is 338. The second kappa shape index (κ2) is 8.93. The minimum absolute atomic E-state index is 0.745. The van der Waals surface area contributed by atoms with Crippen molar-refractivity contribution in [1.82, 2.24) is 15.2 Å². The van der Waals surface area contributed by atoms with Crippen LogP contribution in [0.5, 0.6) is 0 Å². The summed E-state index contributed by atoms with van der Waals surface area (Å²) in [5, 5.41) is 3.33. The molecule has 1 N–H and O–H groups in total.